The van der Waals surface area contributed by atoms with E-state index in [1.54, 1.807) is 11.3 Å². The summed E-state index contributed by atoms with van der Waals surface area (Å²) in [7, 11) is 0. The van der Waals surface area contributed by atoms with Gasteiger partial charge in [0.05, 0.1) is 10.9 Å². The number of carbonyl (C=O) groups excluding carboxylic acids is 1. The van der Waals surface area contributed by atoms with Crippen molar-refractivity contribution in [2.45, 2.75) is 25.8 Å². The third-order valence-electron chi connectivity index (χ3n) is 4.72. The lowest BCUT2D eigenvalue weighted by molar-refractivity contribution is -0.133. The summed E-state index contributed by atoms with van der Waals surface area (Å²) in [5.41, 5.74) is 0.287. The lowest BCUT2D eigenvalue weighted by Gasteiger charge is -2.26. The predicted molar refractivity (Wildman–Crippen MR) is 87.6 cm³/mol. The molecular weight excluding hydrogens is 304 g/mol. The first-order valence-electron chi connectivity index (χ1n) is 7.49. The lowest BCUT2D eigenvalue weighted by atomic mass is 9.91. The standard InChI is InChI=1S/C16H21ClN2OS/c1-2-9-19(11-12-3-4-14(17)21-12)15(20)13-10-16(13)5-7-18-8-6-16/h2-4,13,18H,1,5-11H2. The molecule has 2 aliphatic rings. The van der Waals surface area contributed by atoms with Gasteiger partial charge in [-0.05, 0) is 49.9 Å². The topological polar surface area (TPSA) is 32.3 Å². The van der Waals surface area contributed by atoms with E-state index in [1.807, 2.05) is 23.1 Å². The molecule has 1 saturated heterocycles. The Kier molecular flexibility index (Phi) is 4.38. The Hall–Kier alpha value is -0.840. The van der Waals surface area contributed by atoms with Crippen LogP contribution < -0.4 is 5.32 Å². The van der Waals surface area contributed by atoms with Gasteiger partial charge in [-0.1, -0.05) is 17.7 Å². The Bertz CT molecular complexity index is 536. The Morgan fingerprint density at radius 3 is 2.90 bits per heavy atom. The van der Waals surface area contributed by atoms with Crippen LogP contribution in [0.15, 0.2) is 24.8 Å². The minimum Gasteiger partial charge on any atom is -0.334 e. The molecular formula is C16H21ClN2OS. The fourth-order valence-corrected chi connectivity index (χ4v) is 4.51. The minimum absolute atomic E-state index is 0.218. The van der Waals surface area contributed by atoms with Crippen molar-refractivity contribution < 1.29 is 4.79 Å². The van der Waals surface area contributed by atoms with E-state index in [9.17, 15) is 4.79 Å². The van der Waals surface area contributed by atoms with Crippen LogP contribution in [0.25, 0.3) is 0 Å². The SMILES string of the molecule is C=CCN(Cc1ccc(Cl)s1)C(=O)C1CC12CCNCC2. The molecule has 1 aliphatic carbocycles. The van der Waals surface area contributed by atoms with Gasteiger partial charge in [0.15, 0.2) is 0 Å². The van der Waals surface area contributed by atoms with Crippen LogP contribution in [-0.4, -0.2) is 30.4 Å². The average molecular weight is 325 g/mol. The molecule has 1 aliphatic heterocycles. The molecule has 1 aromatic heterocycles. The predicted octanol–water partition coefficient (Wildman–Crippen LogP) is 3.31. The highest BCUT2D eigenvalue weighted by Gasteiger charge is 2.58. The van der Waals surface area contributed by atoms with Crippen molar-refractivity contribution in [1.82, 2.24) is 10.2 Å². The monoisotopic (exact) mass is 324 g/mol. The number of thiophene rings is 1. The van der Waals surface area contributed by atoms with Crippen LogP contribution in [0.2, 0.25) is 4.34 Å². The van der Waals surface area contributed by atoms with Crippen LogP contribution in [-0.2, 0) is 11.3 Å². The van der Waals surface area contributed by atoms with Crippen LogP contribution in [0.1, 0.15) is 24.1 Å². The molecule has 2 fully saturated rings. The van der Waals surface area contributed by atoms with Crippen LogP contribution in [0, 0.1) is 11.3 Å². The van der Waals surface area contributed by atoms with E-state index in [0.717, 1.165) is 41.6 Å². The van der Waals surface area contributed by atoms with E-state index in [2.05, 4.69) is 11.9 Å². The lowest BCUT2D eigenvalue weighted by Crippen LogP contribution is -2.36. The van der Waals surface area contributed by atoms with Gasteiger partial charge in [-0.2, -0.15) is 0 Å². The van der Waals surface area contributed by atoms with E-state index >= 15 is 0 Å². The van der Waals surface area contributed by atoms with Crippen molar-refractivity contribution in [2.75, 3.05) is 19.6 Å². The number of nitrogens with zero attached hydrogens (tertiary/aromatic N) is 1. The molecule has 3 nitrogen and oxygen atoms in total. The normalized spacial score (nSPS) is 23.0. The zero-order chi connectivity index (χ0) is 14.9. The van der Waals surface area contributed by atoms with Gasteiger partial charge in [-0.3, -0.25) is 4.79 Å². The van der Waals surface area contributed by atoms with Crippen LogP contribution in [0.3, 0.4) is 0 Å². The van der Waals surface area contributed by atoms with E-state index < -0.39 is 0 Å². The highest BCUT2D eigenvalue weighted by molar-refractivity contribution is 7.16. The molecule has 0 aromatic carbocycles. The van der Waals surface area contributed by atoms with E-state index in [-0.39, 0.29) is 11.3 Å². The summed E-state index contributed by atoms with van der Waals surface area (Å²) >= 11 is 7.53. The van der Waals surface area contributed by atoms with Crippen molar-refractivity contribution in [3.05, 3.63) is 34.0 Å². The van der Waals surface area contributed by atoms with Crippen molar-refractivity contribution in [2.24, 2.45) is 11.3 Å². The van der Waals surface area contributed by atoms with Crippen molar-refractivity contribution in [3.63, 3.8) is 0 Å². The third-order valence-corrected chi connectivity index (χ3v) is 5.94. The zero-order valence-corrected chi connectivity index (χ0v) is 13.7. The van der Waals surface area contributed by atoms with Crippen LogP contribution >= 0.6 is 22.9 Å². The highest BCUT2D eigenvalue weighted by Crippen LogP contribution is 2.59. The highest BCUT2D eigenvalue weighted by atomic mass is 35.5. The molecule has 1 N–H and O–H groups in total. The summed E-state index contributed by atoms with van der Waals surface area (Å²) in [6.07, 6.45) is 5.14. The smallest absolute Gasteiger partial charge is 0.226 e. The first-order chi connectivity index (χ1) is 10.1. The number of halogens is 1. The first-order valence-corrected chi connectivity index (χ1v) is 8.69. The van der Waals surface area contributed by atoms with Crippen molar-refractivity contribution in [1.29, 1.82) is 0 Å². The molecule has 1 atom stereocenters. The fourth-order valence-electron chi connectivity index (χ4n) is 3.41. The first kappa shape index (κ1) is 15.1. The number of carbonyl (C=O) groups is 1. The molecule has 1 spiro atoms. The maximum atomic E-state index is 12.8. The molecule has 0 bridgehead atoms. The number of amides is 1. The summed E-state index contributed by atoms with van der Waals surface area (Å²) in [6, 6.07) is 3.90. The van der Waals surface area contributed by atoms with Crippen molar-refractivity contribution >= 4 is 28.8 Å². The van der Waals surface area contributed by atoms with Crippen molar-refractivity contribution in [3.8, 4) is 0 Å². The quantitative estimate of drug-likeness (QED) is 0.843. The Morgan fingerprint density at radius 2 is 2.29 bits per heavy atom. The van der Waals surface area contributed by atoms with Gasteiger partial charge in [0.1, 0.15) is 0 Å². The van der Waals surface area contributed by atoms with Crippen LogP contribution in [0.4, 0.5) is 0 Å². The summed E-state index contributed by atoms with van der Waals surface area (Å²) in [6.45, 7) is 7.14. The molecule has 1 saturated carbocycles. The van der Waals surface area contributed by atoms with Gasteiger partial charge < -0.3 is 10.2 Å². The summed E-state index contributed by atoms with van der Waals surface area (Å²) in [4.78, 5) is 15.9. The molecule has 3 rings (SSSR count). The zero-order valence-electron chi connectivity index (χ0n) is 12.1. The molecule has 1 aromatic rings. The molecule has 5 heteroatoms. The maximum absolute atomic E-state index is 12.8. The summed E-state index contributed by atoms with van der Waals surface area (Å²) in [5, 5.41) is 3.38. The molecule has 0 radical (unpaired) electrons. The van der Waals surface area contributed by atoms with Gasteiger partial charge in [-0.15, -0.1) is 17.9 Å². The molecule has 1 amide bonds. The number of hydrogen-bond acceptors (Lipinski definition) is 3. The average Bonchev–Trinajstić information content (AvgIpc) is 3.00. The Labute approximate surface area is 135 Å². The summed E-state index contributed by atoms with van der Waals surface area (Å²) in [5.74, 6) is 0.510. The number of nitrogens with one attached hydrogen (secondary N) is 1. The second-order valence-electron chi connectivity index (χ2n) is 6.08. The fraction of sp³-hybridized carbons (Fsp3) is 0.562. The molecule has 21 heavy (non-hydrogen) atoms. The summed E-state index contributed by atoms with van der Waals surface area (Å²) < 4.78 is 0.775. The molecule has 2 heterocycles. The van der Waals surface area contributed by atoms with Gasteiger partial charge >= 0.3 is 0 Å². The van der Waals surface area contributed by atoms with Gasteiger partial charge in [0.25, 0.3) is 0 Å². The largest absolute Gasteiger partial charge is 0.334 e. The minimum atomic E-state index is 0.218. The van der Waals surface area contributed by atoms with Gasteiger partial charge in [0, 0.05) is 17.3 Å². The maximum Gasteiger partial charge on any atom is 0.226 e. The van der Waals surface area contributed by atoms with E-state index in [4.69, 9.17) is 11.6 Å². The molecule has 114 valence electrons. The van der Waals surface area contributed by atoms with Gasteiger partial charge in [0.2, 0.25) is 5.91 Å². The molecule has 1 unspecified atom stereocenters. The van der Waals surface area contributed by atoms with Gasteiger partial charge in [-0.25, -0.2) is 0 Å². The van der Waals surface area contributed by atoms with Crippen LogP contribution in [0.5, 0.6) is 0 Å². The Morgan fingerprint density at radius 1 is 1.52 bits per heavy atom. The number of rotatable bonds is 5. The Balaban J connectivity index is 1.66. The second kappa shape index (κ2) is 6.11. The van der Waals surface area contributed by atoms with E-state index in [1.165, 1.54) is 0 Å². The second-order valence-corrected chi connectivity index (χ2v) is 7.88. The number of piperidine rings is 1. The number of hydrogen-bond donors (Lipinski definition) is 1. The third kappa shape index (κ3) is 3.17. The van der Waals surface area contributed by atoms with E-state index in [0.29, 0.717) is 19.0 Å².